The Kier molecular flexibility index (Phi) is 4.48. The van der Waals surface area contributed by atoms with Crippen molar-refractivity contribution >= 4 is 11.8 Å². The monoisotopic (exact) mass is 266 g/mol. The highest BCUT2D eigenvalue weighted by Crippen LogP contribution is 2.30. The predicted molar refractivity (Wildman–Crippen MR) is 74.5 cm³/mol. The lowest BCUT2D eigenvalue weighted by Gasteiger charge is -2.41. The fourth-order valence-corrected chi connectivity index (χ4v) is 3.49. The summed E-state index contributed by atoms with van der Waals surface area (Å²) in [4.78, 5) is 26.4. The summed E-state index contributed by atoms with van der Waals surface area (Å²) in [6, 6.07) is -0.562. The summed E-state index contributed by atoms with van der Waals surface area (Å²) in [6.07, 6.45) is 6.51. The Hall–Kier alpha value is -1.06. The molecule has 0 spiro atoms. The Morgan fingerprint density at radius 2 is 1.84 bits per heavy atom. The SMILES string of the molecule is CC(C)CC1NC(=O)C(C2CCCCC2)N(C)C1=O. The minimum Gasteiger partial charge on any atom is -0.342 e. The summed E-state index contributed by atoms with van der Waals surface area (Å²) < 4.78 is 0. The van der Waals surface area contributed by atoms with Gasteiger partial charge in [-0.1, -0.05) is 33.1 Å². The molecule has 0 aromatic heterocycles. The molecule has 19 heavy (non-hydrogen) atoms. The average Bonchev–Trinajstić information content (AvgIpc) is 2.36. The first-order chi connectivity index (χ1) is 9.00. The van der Waals surface area contributed by atoms with Crippen LogP contribution in [0.1, 0.15) is 52.4 Å². The fraction of sp³-hybridized carbons (Fsp3) is 0.867. The Labute approximate surface area is 115 Å². The van der Waals surface area contributed by atoms with Crippen LogP contribution in [0.25, 0.3) is 0 Å². The third kappa shape index (κ3) is 3.10. The maximum atomic E-state index is 12.4. The molecule has 1 aliphatic carbocycles. The molecule has 1 heterocycles. The van der Waals surface area contributed by atoms with Gasteiger partial charge in [0.2, 0.25) is 11.8 Å². The molecule has 2 amide bonds. The Morgan fingerprint density at radius 3 is 2.42 bits per heavy atom. The summed E-state index contributed by atoms with van der Waals surface area (Å²) in [5.74, 6) is 0.903. The second kappa shape index (κ2) is 5.93. The van der Waals surface area contributed by atoms with Crippen LogP contribution in [0.4, 0.5) is 0 Å². The van der Waals surface area contributed by atoms with Crippen molar-refractivity contribution in [1.29, 1.82) is 0 Å². The van der Waals surface area contributed by atoms with Crippen LogP contribution in [0.5, 0.6) is 0 Å². The number of hydrogen-bond donors (Lipinski definition) is 1. The maximum absolute atomic E-state index is 12.4. The van der Waals surface area contributed by atoms with E-state index in [2.05, 4.69) is 19.2 Å². The molecule has 0 aromatic carbocycles. The standard InChI is InChI=1S/C15H26N2O2/c1-10(2)9-12-15(19)17(3)13(14(18)16-12)11-7-5-4-6-8-11/h10-13H,4-9H2,1-3H3,(H,16,18). The van der Waals surface area contributed by atoms with Gasteiger partial charge >= 0.3 is 0 Å². The first-order valence-electron chi connectivity index (χ1n) is 7.57. The molecule has 4 nitrogen and oxygen atoms in total. The van der Waals surface area contributed by atoms with Gasteiger partial charge in [0.25, 0.3) is 0 Å². The molecule has 1 saturated carbocycles. The maximum Gasteiger partial charge on any atom is 0.245 e. The summed E-state index contributed by atoms with van der Waals surface area (Å²) in [6.45, 7) is 4.15. The van der Waals surface area contributed by atoms with Crippen molar-refractivity contribution in [3.63, 3.8) is 0 Å². The number of nitrogens with zero attached hydrogens (tertiary/aromatic N) is 1. The molecular formula is C15H26N2O2. The van der Waals surface area contributed by atoms with Gasteiger partial charge in [-0.2, -0.15) is 0 Å². The fourth-order valence-electron chi connectivity index (χ4n) is 3.49. The smallest absolute Gasteiger partial charge is 0.245 e. The van der Waals surface area contributed by atoms with Crippen LogP contribution in [0.3, 0.4) is 0 Å². The van der Waals surface area contributed by atoms with Crippen molar-refractivity contribution in [2.45, 2.75) is 64.5 Å². The highest BCUT2D eigenvalue weighted by atomic mass is 16.2. The molecule has 1 aliphatic heterocycles. The molecule has 108 valence electrons. The first kappa shape index (κ1) is 14.4. The molecule has 1 saturated heterocycles. The normalized spacial score (nSPS) is 29.8. The van der Waals surface area contributed by atoms with E-state index in [1.807, 2.05) is 0 Å². The molecule has 2 atom stereocenters. The minimum absolute atomic E-state index is 0.0552. The van der Waals surface area contributed by atoms with E-state index in [-0.39, 0.29) is 23.9 Å². The van der Waals surface area contributed by atoms with Crippen molar-refractivity contribution in [3.8, 4) is 0 Å². The number of carbonyl (C=O) groups excluding carboxylic acids is 2. The molecule has 2 unspecified atom stereocenters. The van der Waals surface area contributed by atoms with E-state index in [0.717, 1.165) is 19.3 Å². The highest BCUT2D eigenvalue weighted by Gasteiger charge is 2.42. The Bertz CT molecular complexity index is 348. The summed E-state index contributed by atoms with van der Waals surface area (Å²) >= 11 is 0. The number of rotatable bonds is 3. The van der Waals surface area contributed by atoms with Gasteiger partial charge in [0.1, 0.15) is 12.1 Å². The van der Waals surface area contributed by atoms with Gasteiger partial charge in [0, 0.05) is 7.05 Å². The van der Waals surface area contributed by atoms with Crippen molar-refractivity contribution < 1.29 is 9.59 Å². The number of piperazine rings is 1. The largest absolute Gasteiger partial charge is 0.342 e. The third-order valence-electron chi connectivity index (χ3n) is 4.45. The van der Waals surface area contributed by atoms with E-state index in [0.29, 0.717) is 11.8 Å². The van der Waals surface area contributed by atoms with Gasteiger partial charge in [-0.15, -0.1) is 0 Å². The number of carbonyl (C=O) groups is 2. The molecule has 4 heteroatoms. The van der Waals surface area contributed by atoms with Crippen LogP contribution in [-0.4, -0.2) is 35.8 Å². The lowest BCUT2D eigenvalue weighted by Crippen LogP contribution is -2.64. The van der Waals surface area contributed by atoms with E-state index in [1.54, 1.807) is 11.9 Å². The van der Waals surface area contributed by atoms with Crippen molar-refractivity contribution in [2.75, 3.05) is 7.05 Å². The molecule has 0 radical (unpaired) electrons. The Morgan fingerprint density at radius 1 is 1.21 bits per heavy atom. The summed E-state index contributed by atoms with van der Waals surface area (Å²) in [5, 5.41) is 2.95. The quantitative estimate of drug-likeness (QED) is 0.848. The topological polar surface area (TPSA) is 49.4 Å². The van der Waals surface area contributed by atoms with Gasteiger partial charge in [0.15, 0.2) is 0 Å². The first-order valence-corrected chi connectivity index (χ1v) is 7.57. The van der Waals surface area contributed by atoms with Gasteiger partial charge < -0.3 is 10.2 Å². The number of hydrogen-bond acceptors (Lipinski definition) is 2. The van der Waals surface area contributed by atoms with Crippen LogP contribution in [0.15, 0.2) is 0 Å². The zero-order valence-corrected chi connectivity index (χ0v) is 12.3. The van der Waals surface area contributed by atoms with Crippen LogP contribution in [-0.2, 0) is 9.59 Å². The summed E-state index contributed by atoms with van der Waals surface area (Å²) in [5.41, 5.74) is 0. The number of amides is 2. The van der Waals surface area contributed by atoms with Gasteiger partial charge in [-0.3, -0.25) is 9.59 Å². The molecule has 1 N–H and O–H groups in total. The summed E-state index contributed by atoms with van der Waals surface area (Å²) in [7, 11) is 1.80. The molecule has 2 rings (SSSR count). The second-order valence-corrected chi connectivity index (χ2v) is 6.48. The molecule has 0 aromatic rings. The lowest BCUT2D eigenvalue weighted by molar-refractivity contribution is -0.150. The van der Waals surface area contributed by atoms with Gasteiger partial charge in [-0.25, -0.2) is 0 Å². The van der Waals surface area contributed by atoms with E-state index >= 15 is 0 Å². The molecule has 0 bridgehead atoms. The highest BCUT2D eigenvalue weighted by molar-refractivity contribution is 5.97. The average molecular weight is 266 g/mol. The van der Waals surface area contributed by atoms with E-state index < -0.39 is 0 Å². The van der Waals surface area contributed by atoms with Gasteiger partial charge in [0.05, 0.1) is 0 Å². The molecule has 2 aliphatic rings. The number of likely N-dealkylation sites (N-methyl/N-ethyl adjacent to an activating group) is 1. The molecular weight excluding hydrogens is 240 g/mol. The minimum atomic E-state index is -0.322. The van der Waals surface area contributed by atoms with E-state index in [1.165, 1.54) is 19.3 Å². The van der Waals surface area contributed by atoms with E-state index in [9.17, 15) is 9.59 Å². The van der Waals surface area contributed by atoms with Crippen LogP contribution < -0.4 is 5.32 Å². The predicted octanol–water partition coefficient (Wildman–Crippen LogP) is 1.94. The van der Waals surface area contributed by atoms with Crippen LogP contribution in [0, 0.1) is 11.8 Å². The van der Waals surface area contributed by atoms with Crippen molar-refractivity contribution in [3.05, 3.63) is 0 Å². The zero-order valence-electron chi connectivity index (χ0n) is 12.3. The van der Waals surface area contributed by atoms with Crippen LogP contribution in [0.2, 0.25) is 0 Å². The second-order valence-electron chi connectivity index (χ2n) is 6.48. The third-order valence-corrected chi connectivity index (χ3v) is 4.45. The lowest BCUT2D eigenvalue weighted by atomic mass is 9.81. The van der Waals surface area contributed by atoms with Crippen molar-refractivity contribution in [1.82, 2.24) is 10.2 Å². The zero-order chi connectivity index (χ0) is 14.0. The van der Waals surface area contributed by atoms with E-state index in [4.69, 9.17) is 0 Å². The Balaban J connectivity index is 2.07. The van der Waals surface area contributed by atoms with Crippen molar-refractivity contribution in [2.24, 2.45) is 11.8 Å². The van der Waals surface area contributed by atoms with Gasteiger partial charge in [-0.05, 0) is 31.1 Å². The number of nitrogens with one attached hydrogen (secondary N) is 1. The molecule has 2 fully saturated rings. The van der Waals surface area contributed by atoms with Crippen LogP contribution >= 0.6 is 0 Å².